The summed E-state index contributed by atoms with van der Waals surface area (Å²) < 4.78 is 1.20. The normalized spacial score (nSPS) is 23.2. The number of carbonyl (C=O) groups is 5. The standard InChI is InChI=1S/C34H34ClN7O6/c1-39-14-21(11-23(17-39)37-26-13-36-40(2)34(48)29(26)35)18-3-5-19(6-4-18)31(45)41-15-22(16-41)20-7-8-24-25(12-20)33(47)42(32(24)46)27-9-10-28(43)38-30(27)44/h3-8,12-13,21-23,27,37H,9-11,14-17H2,1-2H3,(H,38,43,44)/t21-,23+,27?/m1/s1. The van der Waals surface area contributed by atoms with E-state index in [1.165, 1.54) is 4.68 Å². The summed E-state index contributed by atoms with van der Waals surface area (Å²) in [4.78, 5) is 80.6. The SMILES string of the molecule is CN1C[C@@H](Nc2cnn(C)c(=O)c2Cl)C[C@@H](c2ccc(C(=O)N3CC(c4ccc5c(c4)C(=O)N(C4CCC(=O)NC4=O)C5=O)C3)cc2)C1. The average Bonchev–Trinajstić information content (AvgIpc) is 3.29. The summed E-state index contributed by atoms with van der Waals surface area (Å²) in [6, 6.07) is 11.8. The number of likely N-dealkylation sites (N-methyl/N-ethyl adjacent to an activating group) is 1. The molecule has 7 rings (SSSR count). The molecule has 1 aromatic heterocycles. The zero-order valence-electron chi connectivity index (χ0n) is 26.4. The second-order valence-corrected chi connectivity index (χ2v) is 13.5. The highest BCUT2D eigenvalue weighted by Crippen LogP contribution is 2.34. The van der Waals surface area contributed by atoms with Crippen molar-refractivity contribution in [2.24, 2.45) is 7.05 Å². The van der Waals surface area contributed by atoms with Crippen LogP contribution in [0, 0.1) is 0 Å². The van der Waals surface area contributed by atoms with E-state index in [1.807, 2.05) is 31.3 Å². The fourth-order valence-electron chi connectivity index (χ4n) is 7.18. The molecule has 0 spiro atoms. The molecule has 4 aliphatic heterocycles. The van der Waals surface area contributed by atoms with E-state index in [4.69, 9.17) is 11.6 Å². The molecule has 0 saturated carbocycles. The molecule has 1 unspecified atom stereocenters. The Labute approximate surface area is 280 Å². The minimum Gasteiger partial charge on any atom is -0.378 e. The molecule has 3 atom stereocenters. The van der Waals surface area contributed by atoms with Crippen molar-refractivity contribution in [3.05, 3.63) is 91.9 Å². The number of likely N-dealkylation sites (tertiary alicyclic amines) is 2. The smallest absolute Gasteiger partial charge is 0.287 e. The molecule has 248 valence electrons. The van der Waals surface area contributed by atoms with Crippen LogP contribution in [0.4, 0.5) is 5.69 Å². The number of carbonyl (C=O) groups excluding carboxylic acids is 5. The van der Waals surface area contributed by atoms with Gasteiger partial charge in [-0.1, -0.05) is 29.8 Å². The largest absolute Gasteiger partial charge is 0.378 e. The number of piperidine rings is 2. The average molecular weight is 672 g/mol. The van der Waals surface area contributed by atoms with Crippen LogP contribution in [0.15, 0.2) is 53.5 Å². The number of hydrogen-bond donors (Lipinski definition) is 2. The maximum atomic E-state index is 13.3. The number of amides is 5. The molecule has 2 N–H and O–H groups in total. The van der Waals surface area contributed by atoms with E-state index in [1.54, 1.807) is 36.3 Å². The highest BCUT2D eigenvalue weighted by molar-refractivity contribution is 6.33. The quantitative estimate of drug-likeness (QED) is 0.375. The van der Waals surface area contributed by atoms with E-state index in [0.717, 1.165) is 35.5 Å². The topological polar surface area (TPSA) is 154 Å². The van der Waals surface area contributed by atoms with E-state index in [-0.39, 0.29) is 58.3 Å². The first-order valence-electron chi connectivity index (χ1n) is 15.9. The van der Waals surface area contributed by atoms with Gasteiger partial charge in [0.15, 0.2) is 0 Å². The van der Waals surface area contributed by atoms with Crippen molar-refractivity contribution in [3.8, 4) is 0 Å². The number of nitrogens with zero attached hydrogens (tertiary/aromatic N) is 5. The van der Waals surface area contributed by atoms with E-state index in [0.29, 0.717) is 24.3 Å². The van der Waals surface area contributed by atoms with Crippen LogP contribution in [0.1, 0.15) is 73.3 Å². The van der Waals surface area contributed by atoms with Crippen LogP contribution in [0.3, 0.4) is 0 Å². The Morgan fingerprint density at radius 2 is 1.60 bits per heavy atom. The van der Waals surface area contributed by atoms with Crippen molar-refractivity contribution in [1.82, 2.24) is 29.8 Å². The third-order valence-corrected chi connectivity index (χ3v) is 10.2. The summed E-state index contributed by atoms with van der Waals surface area (Å²) in [7, 11) is 3.60. The van der Waals surface area contributed by atoms with Crippen LogP contribution in [0.2, 0.25) is 5.02 Å². The van der Waals surface area contributed by atoms with E-state index in [9.17, 15) is 28.8 Å². The minimum atomic E-state index is -1.01. The van der Waals surface area contributed by atoms with Gasteiger partial charge in [0.1, 0.15) is 11.1 Å². The molecule has 13 nitrogen and oxygen atoms in total. The molecule has 0 radical (unpaired) electrons. The van der Waals surface area contributed by atoms with Crippen molar-refractivity contribution >= 4 is 46.8 Å². The number of fused-ring (bicyclic) bond motifs is 1. The summed E-state index contributed by atoms with van der Waals surface area (Å²) in [5.41, 5.74) is 3.18. The van der Waals surface area contributed by atoms with Gasteiger partial charge in [0.2, 0.25) is 11.8 Å². The number of aromatic nitrogens is 2. The van der Waals surface area contributed by atoms with Gasteiger partial charge in [0.25, 0.3) is 23.3 Å². The Kier molecular flexibility index (Phi) is 8.12. The van der Waals surface area contributed by atoms with E-state index < -0.39 is 29.7 Å². The second-order valence-electron chi connectivity index (χ2n) is 13.1. The fraction of sp³-hybridized carbons (Fsp3) is 0.382. The molecule has 5 amide bonds. The monoisotopic (exact) mass is 671 g/mol. The molecule has 3 saturated heterocycles. The van der Waals surface area contributed by atoms with E-state index >= 15 is 0 Å². The summed E-state index contributed by atoms with van der Waals surface area (Å²) in [6.07, 6.45) is 2.55. The zero-order chi connectivity index (χ0) is 33.9. The second kappa shape index (κ2) is 12.3. The molecule has 0 bridgehead atoms. The molecule has 3 fully saturated rings. The number of imide groups is 2. The predicted octanol–water partition coefficient (Wildman–Crippen LogP) is 1.97. The van der Waals surface area contributed by atoms with Gasteiger partial charge in [-0.3, -0.25) is 39.0 Å². The molecule has 3 aromatic rings. The third-order valence-electron chi connectivity index (χ3n) is 9.80. The van der Waals surface area contributed by atoms with Crippen molar-refractivity contribution < 1.29 is 24.0 Å². The van der Waals surface area contributed by atoms with Crippen LogP contribution in [0.25, 0.3) is 0 Å². The Balaban J connectivity index is 0.970. The lowest BCUT2D eigenvalue weighted by Gasteiger charge is -2.40. The highest BCUT2D eigenvalue weighted by atomic mass is 35.5. The Morgan fingerprint density at radius 3 is 2.33 bits per heavy atom. The summed E-state index contributed by atoms with van der Waals surface area (Å²) >= 11 is 6.28. The summed E-state index contributed by atoms with van der Waals surface area (Å²) in [5, 5.41) is 9.79. The lowest BCUT2D eigenvalue weighted by atomic mass is 9.87. The molecule has 0 aliphatic carbocycles. The molecule has 5 heterocycles. The van der Waals surface area contributed by atoms with Crippen LogP contribution in [-0.2, 0) is 16.6 Å². The third kappa shape index (κ3) is 5.66. The van der Waals surface area contributed by atoms with Gasteiger partial charge >= 0.3 is 0 Å². The maximum absolute atomic E-state index is 13.3. The van der Waals surface area contributed by atoms with Gasteiger partial charge in [-0.15, -0.1) is 0 Å². The number of hydrogen-bond acceptors (Lipinski definition) is 9. The Hall–Kier alpha value is -4.88. The summed E-state index contributed by atoms with van der Waals surface area (Å²) in [6.45, 7) is 2.57. The summed E-state index contributed by atoms with van der Waals surface area (Å²) in [5.74, 6) is -2.02. The predicted molar refractivity (Wildman–Crippen MR) is 175 cm³/mol. The van der Waals surface area contributed by atoms with Crippen molar-refractivity contribution in [1.29, 1.82) is 0 Å². The molecule has 14 heteroatoms. The lowest BCUT2D eigenvalue weighted by Crippen LogP contribution is -2.54. The number of aryl methyl sites for hydroxylation is 1. The molecule has 48 heavy (non-hydrogen) atoms. The Morgan fingerprint density at radius 1 is 0.896 bits per heavy atom. The van der Waals surface area contributed by atoms with Gasteiger partial charge in [-0.2, -0.15) is 5.10 Å². The first-order chi connectivity index (χ1) is 23.0. The molecular weight excluding hydrogens is 638 g/mol. The number of anilines is 1. The number of benzene rings is 2. The van der Waals surface area contributed by atoms with Gasteiger partial charge in [-0.25, -0.2) is 4.68 Å². The lowest BCUT2D eigenvalue weighted by molar-refractivity contribution is -0.136. The molecule has 2 aromatic carbocycles. The highest BCUT2D eigenvalue weighted by Gasteiger charge is 2.45. The van der Waals surface area contributed by atoms with Crippen molar-refractivity contribution in [2.45, 2.75) is 43.2 Å². The van der Waals surface area contributed by atoms with E-state index in [2.05, 4.69) is 20.6 Å². The number of nitrogens with one attached hydrogen (secondary N) is 2. The van der Waals surface area contributed by atoms with Crippen molar-refractivity contribution in [3.63, 3.8) is 0 Å². The first-order valence-corrected chi connectivity index (χ1v) is 16.3. The molecular formula is C34H34ClN7O6. The Bertz CT molecular complexity index is 1920. The molecule has 4 aliphatic rings. The first kappa shape index (κ1) is 31.7. The van der Waals surface area contributed by atoms with Gasteiger partial charge in [0, 0.05) is 57.2 Å². The van der Waals surface area contributed by atoms with Gasteiger partial charge in [-0.05, 0) is 61.2 Å². The van der Waals surface area contributed by atoms with Crippen LogP contribution in [-0.4, -0.2) is 99.3 Å². The van der Waals surface area contributed by atoms with Gasteiger partial charge in [0.05, 0.1) is 23.0 Å². The number of rotatable bonds is 6. The number of halogens is 1. The fourth-order valence-corrected chi connectivity index (χ4v) is 7.40. The van der Waals surface area contributed by atoms with Gasteiger partial charge < -0.3 is 15.1 Å². The van der Waals surface area contributed by atoms with Crippen LogP contribution >= 0.6 is 11.6 Å². The zero-order valence-corrected chi connectivity index (χ0v) is 27.2. The van der Waals surface area contributed by atoms with Crippen LogP contribution < -0.4 is 16.2 Å². The minimum absolute atomic E-state index is 0.00167. The maximum Gasteiger partial charge on any atom is 0.287 e. The van der Waals surface area contributed by atoms with Crippen molar-refractivity contribution in [2.75, 3.05) is 38.5 Å². The van der Waals surface area contributed by atoms with Crippen LogP contribution in [0.5, 0.6) is 0 Å².